The molecule has 102 valence electrons. The van der Waals surface area contributed by atoms with E-state index in [0.717, 1.165) is 23.5 Å². The molecule has 5 nitrogen and oxygen atoms in total. The third-order valence-electron chi connectivity index (χ3n) is 3.55. The zero-order chi connectivity index (χ0) is 13.4. The van der Waals surface area contributed by atoms with Crippen LogP contribution < -0.4 is 9.47 Å². The molecular formula is C14H17NO4. The number of cyclic esters (lactones) is 1. The first kappa shape index (κ1) is 12.3. The average molecular weight is 263 g/mol. The molecule has 2 aliphatic rings. The highest BCUT2D eigenvalue weighted by atomic mass is 16.7. The lowest BCUT2D eigenvalue weighted by Gasteiger charge is -2.21. The highest BCUT2D eigenvalue weighted by Crippen LogP contribution is 2.33. The third kappa shape index (κ3) is 2.38. The Morgan fingerprint density at radius 3 is 2.84 bits per heavy atom. The summed E-state index contributed by atoms with van der Waals surface area (Å²) < 4.78 is 15.8. The number of ether oxygens (including phenoxy) is 3. The van der Waals surface area contributed by atoms with E-state index >= 15 is 0 Å². The van der Waals surface area contributed by atoms with Crippen molar-refractivity contribution >= 4 is 5.97 Å². The molecule has 1 aromatic rings. The Hall–Kier alpha value is -1.75. The number of rotatable bonds is 3. The minimum atomic E-state index is -0.152. The fourth-order valence-electron chi connectivity index (χ4n) is 2.53. The summed E-state index contributed by atoms with van der Waals surface area (Å²) in [6.45, 7) is 2.89. The van der Waals surface area contributed by atoms with Crippen molar-refractivity contribution < 1.29 is 19.0 Å². The summed E-state index contributed by atoms with van der Waals surface area (Å²) in [5, 5.41) is 0. The second-order valence-corrected chi connectivity index (χ2v) is 5.10. The number of fused-ring (bicyclic) bond motifs is 1. The van der Waals surface area contributed by atoms with Crippen molar-refractivity contribution in [2.45, 2.75) is 32.0 Å². The van der Waals surface area contributed by atoms with Gasteiger partial charge in [0.15, 0.2) is 11.5 Å². The molecule has 2 heterocycles. The molecule has 19 heavy (non-hydrogen) atoms. The molecule has 0 unspecified atom stereocenters. The van der Waals surface area contributed by atoms with Crippen molar-refractivity contribution in [2.75, 3.05) is 13.8 Å². The van der Waals surface area contributed by atoms with Crippen LogP contribution in [0.1, 0.15) is 18.9 Å². The van der Waals surface area contributed by atoms with Crippen molar-refractivity contribution in [1.82, 2.24) is 4.90 Å². The first-order valence-electron chi connectivity index (χ1n) is 6.43. The summed E-state index contributed by atoms with van der Waals surface area (Å²) in [4.78, 5) is 13.7. The van der Waals surface area contributed by atoms with Crippen LogP contribution in [0.25, 0.3) is 0 Å². The van der Waals surface area contributed by atoms with Crippen LogP contribution in [0.3, 0.4) is 0 Å². The van der Waals surface area contributed by atoms with Gasteiger partial charge in [0.1, 0.15) is 12.1 Å². The van der Waals surface area contributed by atoms with Crippen LogP contribution in [0, 0.1) is 0 Å². The predicted molar refractivity (Wildman–Crippen MR) is 68.0 cm³/mol. The molecule has 2 atom stereocenters. The van der Waals surface area contributed by atoms with Crippen LogP contribution >= 0.6 is 0 Å². The van der Waals surface area contributed by atoms with Crippen molar-refractivity contribution in [3.8, 4) is 11.5 Å². The Kier molecular flexibility index (Phi) is 3.06. The summed E-state index contributed by atoms with van der Waals surface area (Å²) in [6.07, 6.45) is 0.761. The van der Waals surface area contributed by atoms with Gasteiger partial charge < -0.3 is 14.2 Å². The summed E-state index contributed by atoms with van der Waals surface area (Å²) in [5.41, 5.74) is 1.10. The summed E-state index contributed by atoms with van der Waals surface area (Å²) in [6, 6.07) is 5.71. The van der Waals surface area contributed by atoms with Gasteiger partial charge in [0.2, 0.25) is 6.79 Å². The van der Waals surface area contributed by atoms with Gasteiger partial charge in [-0.05, 0) is 31.7 Å². The van der Waals surface area contributed by atoms with Crippen LogP contribution in [-0.2, 0) is 16.1 Å². The number of hydrogen-bond donors (Lipinski definition) is 0. The number of likely N-dealkylation sites (N-methyl/N-ethyl adjacent to an activating group) is 1. The molecule has 1 aromatic carbocycles. The van der Waals surface area contributed by atoms with Crippen LogP contribution in [-0.4, -0.2) is 36.9 Å². The van der Waals surface area contributed by atoms with E-state index in [9.17, 15) is 4.79 Å². The molecule has 0 N–H and O–H groups in total. The van der Waals surface area contributed by atoms with Crippen LogP contribution in [0.15, 0.2) is 18.2 Å². The lowest BCUT2D eigenvalue weighted by Crippen LogP contribution is -2.34. The highest BCUT2D eigenvalue weighted by Gasteiger charge is 2.34. The van der Waals surface area contributed by atoms with Gasteiger partial charge in [-0.2, -0.15) is 0 Å². The number of nitrogens with zero attached hydrogens (tertiary/aromatic N) is 1. The van der Waals surface area contributed by atoms with E-state index in [0.29, 0.717) is 6.54 Å². The zero-order valence-corrected chi connectivity index (χ0v) is 11.1. The maximum absolute atomic E-state index is 11.7. The molecule has 0 radical (unpaired) electrons. The number of carbonyl (C=O) groups excluding carboxylic acids is 1. The van der Waals surface area contributed by atoms with Gasteiger partial charge in [0, 0.05) is 13.0 Å². The minimum Gasteiger partial charge on any atom is -0.461 e. The normalized spacial score (nSPS) is 24.9. The average Bonchev–Trinajstić information content (AvgIpc) is 2.94. The predicted octanol–water partition coefficient (Wildman–Crippen LogP) is 1.55. The maximum atomic E-state index is 11.7. The van der Waals surface area contributed by atoms with Crippen molar-refractivity contribution in [2.24, 2.45) is 0 Å². The quantitative estimate of drug-likeness (QED) is 0.774. The van der Waals surface area contributed by atoms with E-state index in [-0.39, 0.29) is 24.9 Å². The van der Waals surface area contributed by atoms with Gasteiger partial charge in [0.05, 0.1) is 0 Å². The fraction of sp³-hybridized carbons (Fsp3) is 0.500. The molecule has 0 saturated carbocycles. The number of hydrogen-bond acceptors (Lipinski definition) is 5. The molecule has 1 fully saturated rings. The van der Waals surface area contributed by atoms with Gasteiger partial charge in [0.25, 0.3) is 0 Å². The van der Waals surface area contributed by atoms with Crippen molar-refractivity contribution in [1.29, 1.82) is 0 Å². The Balaban J connectivity index is 1.69. The van der Waals surface area contributed by atoms with E-state index in [4.69, 9.17) is 14.2 Å². The summed E-state index contributed by atoms with van der Waals surface area (Å²) >= 11 is 0. The van der Waals surface area contributed by atoms with Gasteiger partial charge >= 0.3 is 5.97 Å². The SMILES string of the molecule is C[C@H]1C[C@H](N(C)Cc2ccc3c(c2)OCO3)C(=O)O1. The van der Waals surface area contributed by atoms with E-state index < -0.39 is 0 Å². The first-order chi connectivity index (χ1) is 9.13. The molecule has 0 amide bonds. The second kappa shape index (κ2) is 4.74. The zero-order valence-electron chi connectivity index (χ0n) is 11.1. The van der Waals surface area contributed by atoms with Crippen LogP contribution in [0.5, 0.6) is 11.5 Å². The Morgan fingerprint density at radius 2 is 2.11 bits per heavy atom. The summed E-state index contributed by atoms with van der Waals surface area (Å²) in [7, 11) is 1.94. The molecule has 1 saturated heterocycles. The van der Waals surface area contributed by atoms with Crippen LogP contribution in [0.2, 0.25) is 0 Å². The standard InChI is InChI=1S/C14H17NO4/c1-9-5-11(14(16)19-9)15(2)7-10-3-4-12-13(6-10)18-8-17-12/h3-4,6,9,11H,5,7-8H2,1-2H3/t9-,11-/m0/s1. The van der Waals surface area contributed by atoms with E-state index in [1.807, 2.05) is 37.1 Å². The molecule has 0 bridgehead atoms. The Bertz CT molecular complexity index is 502. The van der Waals surface area contributed by atoms with Gasteiger partial charge in [-0.1, -0.05) is 6.07 Å². The lowest BCUT2D eigenvalue weighted by atomic mass is 10.1. The molecule has 0 aliphatic carbocycles. The molecule has 5 heteroatoms. The molecule has 2 aliphatic heterocycles. The van der Waals surface area contributed by atoms with Gasteiger partial charge in [-0.25, -0.2) is 0 Å². The van der Waals surface area contributed by atoms with Crippen LogP contribution in [0.4, 0.5) is 0 Å². The smallest absolute Gasteiger partial charge is 0.323 e. The van der Waals surface area contributed by atoms with E-state index in [1.165, 1.54) is 0 Å². The maximum Gasteiger partial charge on any atom is 0.323 e. The number of esters is 1. The second-order valence-electron chi connectivity index (χ2n) is 5.10. The monoisotopic (exact) mass is 263 g/mol. The minimum absolute atomic E-state index is 0.0108. The topological polar surface area (TPSA) is 48.0 Å². The third-order valence-corrected chi connectivity index (χ3v) is 3.55. The van der Waals surface area contributed by atoms with Gasteiger partial charge in [-0.3, -0.25) is 9.69 Å². The Morgan fingerprint density at radius 1 is 1.32 bits per heavy atom. The first-order valence-corrected chi connectivity index (χ1v) is 6.43. The molecular weight excluding hydrogens is 246 g/mol. The number of benzene rings is 1. The highest BCUT2D eigenvalue weighted by molar-refractivity contribution is 5.77. The van der Waals surface area contributed by atoms with Gasteiger partial charge in [-0.15, -0.1) is 0 Å². The Labute approximate surface area is 112 Å². The van der Waals surface area contributed by atoms with Crippen molar-refractivity contribution in [3.05, 3.63) is 23.8 Å². The van der Waals surface area contributed by atoms with E-state index in [2.05, 4.69) is 0 Å². The fourth-order valence-corrected chi connectivity index (χ4v) is 2.53. The van der Waals surface area contributed by atoms with Crippen molar-refractivity contribution in [3.63, 3.8) is 0 Å². The largest absolute Gasteiger partial charge is 0.461 e. The van der Waals surface area contributed by atoms with E-state index in [1.54, 1.807) is 0 Å². The molecule has 0 spiro atoms. The molecule has 0 aromatic heterocycles. The summed E-state index contributed by atoms with van der Waals surface area (Å²) in [5.74, 6) is 1.42. The molecule has 3 rings (SSSR count). The number of carbonyl (C=O) groups is 1. The lowest BCUT2D eigenvalue weighted by molar-refractivity contribution is -0.144.